The zero-order chi connectivity index (χ0) is 23.4. The molecule has 0 unspecified atom stereocenters. The molecule has 0 radical (unpaired) electrons. The summed E-state index contributed by atoms with van der Waals surface area (Å²) in [7, 11) is 0. The van der Waals surface area contributed by atoms with Crippen molar-refractivity contribution >= 4 is 40.0 Å². The number of nitrogens with zero attached hydrogens (tertiary/aromatic N) is 3. The molecule has 0 saturated carbocycles. The van der Waals surface area contributed by atoms with Crippen LogP contribution >= 0.6 is 0 Å². The molecule has 32 heavy (non-hydrogen) atoms. The summed E-state index contributed by atoms with van der Waals surface area (Å²) in [6.45, 7) is 0. The second kappa shape index (κ2) is 8.74. The van der Waals surface area contributed by atoms with Gasteiger partial charge in [-0.1, -0.05) is 12.1 Å². The van der Waals surface area contributed by atoms with Crippen LogP contribution in [0.25, 0.3) is 0 Å². The smallest absolute Gasteiger partial charge is 0.306 e. The Kier molecular flexibility index (Phi) is 5.91. The van der Waals surface area contributed by atoms with Crippen molar-refractivity contribution in [3.05, 3.63) is 96.6 Å². The number of nitrogens with one attached hydrogen (secondary N) is 2. The summed E-state index contributed by atoms with van der Waals surface area (Å²) in [5, 5.41) is 48.4. The molecular weight excluding hydrogens is 426 g/mol. The highest BCUT2D eigenvalue weighted by molar-refractivity contribution is 6.05. The van der Waals surface area contributed by atoms with Crippen LogP contribution < -0.4 is 10.6 Å². The van der Waals surface area contributed by atoms with E-state index in [-0.39, 0.29) is 22.7 Å². The zero-order valence-corrected chi connectivity index (χ0v) is 15.9. The van der Waals surface area contributed by atoms with E-state index in [9.17, 15) is 40.2 Å². The van der Waals surface area contributed by atoms with Crippen LogP contribution in [0, 0.1) is 30.3 Å². The van der Waals surface area contributed by atoms with Crippen LogP contribution in [0.1, 0.15) is 10.4 Å². The van der Waals surface area contributed by atoms with Crippen molar-refractivity contribution in [3.63, 3.8) is 0 Å². The summed E-state index contributed by atoms with van der Waals surface area (Å²) in [6.07, 6.45) is 0. The summed E-state index contributed by atoms with van der Waals surface area (Å²) in [5.41, 5.74) is -2.53. The number of phenols is 1. The zero-order valence-electron chi connectivity index (χ0n) is 15.9. The number of carbonyl (C=O) groups is 1. The van der Waals surface area contributed by atoms with Crippen LogP contribution in [0.15, 0.2) is 60.7 Å². The number of carbonyl (C=O) groups excluding carboxylic acids is 1. The highest BCUT2D eigenvalue weighted by Crippen LogP contribution is 2.40. The van der Waals surface area contributed by atoms with Gasteiger partial charge in [-0.05, 0) is 36.4 Å². The summed E-state index contributed by atoms with van der Waals surface area (Å²) in [6, 6.07) is 12.7. The summed E-state index contributed by atoms with van der Waals surface area (Å²) >= 11 is 0. The molecule has 13 nitrogen and oxygen atoms in total. The van der Waals surface area contributed by atoms with Crippen molar-refractivity contribution in [1.29, 1.82) is 0 Å². The number of non-ortho nitro benzene ring substituents is 1. The summed E-state index contributed by atoms with van der Waals surface area (Å²) in [4.78, 5) is 43.1. The maximum atomic E-state index is 12.3. The molecule has 0 bridgehead atoms. The van der Waals surface area contributed by atoms with Crippen LogP contribution in [-0.2, 0) is 0 Å². The molecule has 3 rings (SSSR count). The topological polar surface area (TPSA) is 191 Å². The third-order valence-corrected chi connectivity index (χ3v) is 4.25. The van der Waals surface area contributed by atoms with E-state index in [1.165, 1.54) is 36.4 Å². The third kappa shape index (κ3) is 4.56. The van der Waals surface area contributed by atoms with Crippen molar-refractivity contribution < 1.29 is 24.7 Å². The minimum atomic E-state index is -0.976. The van der Waals surface area contributed by atoms with Gasteiger partial charge in [0.25, 0.3) is 11.6 Å². The van der Waals surface area contributed by atoms with Gasteiger partial charge in [-0.3, -0.25) is 35.1 Å². The molecule has 3 aromatic carbocycles. The molecule has 3 aromatic rings. The first-order valence-electron chi connectivity index (χ1n) is 8.75. The lowest BCUT2D eigenvalue weighted by Gasteiger charge is -2.10. The number of amides is 1. The van der Waals surface area contributed by atoms with E-state index in [0.717, 1.165) is 0 Å². The quantitative estimate of drug-likeness (QED) is 0.276. The first-order chi connectivity index (χ1) is 15.2. The largest absolute Gasteiger partial charge is 0.506 e. The number of anilines is 3. The number of nitro benzene ring substituents is 3. The Morgan fingerprint density at radius 3 is 1.88 bits per heavy atom. The van der Waals surface area contributed by atoms with Crippen molar-refractivity contribution in [2.75, 3.05) is 10.6 Å². The molecule has 3 N–H and O–H groups in total. The predicted octanol–water partition coefficient (Wildman–Crippen LogP) is 4.11. The normalized spacial score (nSPS) is 10.2. The highest BCUT2D eigenvalue weighted by Gasteiger charge is 2.30. The van der Waals surface area contributed by atoms with Gasteiger partial charge in [-0.15, -0.1) is 0 Å². The highest BCUT2D eigenvalue weighted by atomic mass is 16.6. The first-order valence-corrected chi connectivity index (χ1v) is 8.75. The summed E-state index contributed by atoms with van der Waals surface area (Å²) in [5.74, 6) is -0.678. The van der Waals surface area contributed by atoms with Gasteiger partial charge >= 0.3 is 11.4 Å². The molecule has 0 atom stereocenters. The molecule has 0 saturated heterocycles. The van der Waals surface area contributed by atoms with Crippen molar-refractivity contribution in [1.82, 2.24) is 0 Å². The van der Waals surface area contributed by atoms with Crippen LogP contribution in [0.5, 0.6) is 5.75 Å². The third-order valence-electron chi connectivity index (χ3n) is 4.25. The van der Waals surface area contributed by atoms with Gasteiger partial charge < -0.3 is 15.7 Å². The van der Waals surface area contributed by atoms with Gasteiger partial charge in [0.05, 0.1) is 32.6 Å². The number of rotatable bonds is 7. The molecule has 1 amide bonds. The fourth-order valence-electron chi connectivity index (χ4n) is 2.74. The standard InChI is InChI=1S/C19H13N5O8/c25-17-4-2-1-3-14(17)21-19(26)11-5-7-12(8-6-11)20-18-15(23(29)30)9-13(22(27)28)10-16(18)24(31)32/h1-10,20,25H,(H,21,26). The maximum absolute atomic E-state index is 12.3. The molecule has 162 valence electrons. The van der Waals surface area contributed by atoms with Gasteiger partial charge in [0.2, 0.25) is 0 Å². The lowest BCUT2D eigenvalue weighted by atomic mass is 10.1. The fourth-order valence-corrected chi connectivity index (χ4v) is 2.74. The molecule has 0 spiro atoms. The van der Waals surface area contributed by atoms with Crippen molar-refractivity contribution in [2.24, 2.45) is 0 Å². The number of phenolic OH excluding ortho intramolecular Hbond substituents is 1. The maximum Gasteiger partial charge on any atom is 0.306 e. The molecule has 13 heteroatoms. The summed E-state index contributed by atoms with van der Waals surface area (Å²) < 4.78 is 0. The Hall–Kier alpha value is -5.07. The Morgan fingerprint density at radius 1 is 0.812 bits per heavy atom. The van der Waals surface area contributed by atoms with Crippen molar-refractivity contribution in [3.8, 4) is 5.75 Å². The predicted molar refractivity (Wildman–Crippen MR) is 112 cm³/mol. The molecule has 0 aliphatic carbocycles. The number of benzene rings is 3. The first kappa shape index (κ1) is 21.6. The van der Waals surface area contributed by atoms with E-state index in [1.807, 2.05) is 0 Å². The van der Waals surface area contributed by atoms with E-state index < -0.39 is 43.4 Å². The monoisotopic (exact) mass is 439 g/mol. The average Bonchev–Trinajstić information content (AvgIpc) is 2.75. The number of hydrogen-bond donors (Lipinski definition) is 3. The van der Waals surface area contributed by atoms with E-state index in [0.29, 0.717) is 12.1 Å². The average molecular weight is 439 g/mol. The van der Waals surface area contributed by atoms with Crippen LogP contribution in [0.4, 0.5) is 34.1 Å². The molecule has 0 fully saturated rings. The molecule has 0 aromatic heterocycles. The lowest BCUT2D eigenvalue weighted by Crippen LogP contribution is -2.12. The Balaban J connectivity index is 1.90. The Labute approximate surface area is 178 Å². The van der Waals surface area contributed by atoms with E-state index in [1.54, 1.807) is 12.1 Å². The van der Waals surface area contributed by atoms with E-state index in [4.69, 9.17) is 0 Å². The SMILES string of the molecule is O=C(Nc1ccccc1O)c1ccc(Nc2c([N+](=O)[O-])cc([N+](=O)[O-])cc2[N+](=O)[O-])cc1. The molecular formula is C19H13N5O8. The second-order valence-corrected chi connectivity index (χ2v) is 6.30. The van der Waals surface area contributed by atoms with E-state index in [2.05, 4.69) is 10.6 Å². The van der Waals surface area contributed by atoms with Gasteiger partial charge in [-0.2, -0.15) is 0 Å². The second-order valence-electron chi connectivity index (χ2n) is 6.30. The Bertz CT molecular complexity index is 1210. The number of hydrogen-bond acceptors (Lipinski definition) is 9. The van der Waals surface area contributed by atoms with Crippen LogP contribution in [-0.4, -0.2) is 25.8 Å². The number of aromatic hydroxyl groups is 1. The molecule has 0 aliphatic rings. The number of nitro groups is 3. The van der Waals surface area contributed by atoms with Crippen LogP contribution in [0.3, 0.4) is 0 Å². The molecule has 0 aliphatic heterocycles. The van der Waals surface area contributed by atoms with E-state index >= 15 is 0 Å². The van der Waals surface area contributed by atoms with Crippen molar-refractivity contribution in [2.45, 2.75) is 0 Å². The van der Waals surface area contributed by atoms with Gasteiger partial charge in [0.1, 0.15) is 5.75 Å². The van der Waals surface area contributed by atoms with Gasteiger partial charge in [0, 0.05) is 11.3 Å². The van der Waals surface area contributed by atoms with Gasteiger partial charge in [0.15, 0.2) is 5.69 Å². The molecule has 0 heterocycles. The van der Waals surface area contributed by atoms with Gasteiger partial charge in [-0.25, -0.2) is 0 Å². The minimum absolute atomic E-state index is 0.128. The minimum Gasteiger partial charge on any atom is -0.506 e. The lowest BCUT2D eigenvalue weighted by molar-refractivity contribution is -0.401. The number of para-hydroxylation sites is 2. The van der Waals surface area contributed by atoms with Crippen LogP contribution in [0.2, 0.25) is 0 Å². The fraction of sp³-hybridized carbons (Fsp3) is 0. The Morgan fingerprint density at radius 2 is 1.38 bits per heavy atom.